The lowest BCUT2D eigenvalue weighted by Gasteiger charge is -2.32. The first-order valence-corrected chi connectivity index (χ1v) is 9.72. The third-order valence-electron chi connectivity index (χ3n) is 5.03. The van der Waals surface area contributed by atoms with E-state index in [9.17, 15) is 4.79 Å². The van der Waals surface area contributed by atoms with Gasteiger partial charge >= 0.3 is 5.97 Å². The molecule has 0 bridgehead atoms. The van der Waals surface area contributed by atoms with Gasteiger partial charge in [0.15, 0.2) is 5.11 Å². The maximum absolute atomic E-state index is 11.9. The molecule has 0 unspecified atom stereocenters. The summed E-state index contributed by atoms with van der Waals surface area (Å²) in [5, 5.41) is 7.41. The Kier molecular flexibility index (Phi) is 6.06. The van der Waals surface area contributed by atoms with Gasteiger partial charge in [-0.15, -0.1) is 0 Å². The van der Waals surface area contributed by atoms with E-state index in [-0.39, 0.29) is 11.5 Å². The number of esters is 1. The normalized spacial score (nSPS) is 15.2. The molecule has 1 heterocycles. The van der Waals surface area contributed by atoms with Gasteiger partial charge in [0.1, 0.15) is 0 Å². The summed E-state index contributed by atoms with van der Waals surface area (Å²) in [7, 11) is 0. The van der Waals surface area contributed by atoms with Crippen LogP contribution in [0, 0.1) is 6.92 Å². The van der Waals surface area contributed by atoms with Gasteiger partial charge in [-0.2, -0.15) is 0 Å². The van der Waals surface area contributed by atoms with Crippen molar-refractivity contribution in [1.82, 2.24) is 10.3 Å². The van der Waals surface area contributed by atoms with Crippen molar-refractivity contribution in [3.05, 3.63) is 59.4 Å². The van der Waals surface area contributed by atoms with Crippen molar-refractivity contribution in [2.75, 3.05) is 11.9 Å². The maximum atomic E-state index is 11.9. The number of hydrogen-bond donors (Lipinski definition) is 2. The first-order valence-electron chi connectivity index (χ1n) is 9.31. The lowest BCUT2D eigenvalue weighted by molar-refractivity contribution is 0.0526. The van der Waals surface area contributed by atoms with E-state index in [1.54, 1.807) is 13.0 Å². The summed E-state index contributed by atoms with van der Waals surface area (Å²) in [5.74, 6) is -0.310. The van der Waals surface area contributed by atoms with Crippen molar-refractivity contribution in [2.45, 2.75) is 45.1 Å². The van der Waals surface area contributed by atoms with Gasteiger partial charge in [-0.1, -0.05) is 12.8 Å². The van der Waals surface area contributed by atoms with Crippen molar-refractivity contribution in [3.8, 4) is 0 Å². The number of ether oxygens (including phenoxy) is 1. The summed E-state index contributed by atoms with van der Waals surface area (Å²) in [6.45, 7) is 4.11. The first-order chi connectivity index (χ1) is 13.0. The third kappa shape index (κ3) is 4.45. The van der Waals surface area contributed by atoms with Gasteiger partial charge in [-0.25, -0.2) is 4.79 Å². The summed E-state index contributed by atoms with van der Waals surface area (Å²) >= 11 is 5.60. The number of hydrogen-bond acceptors (Lipinski definition) is 4. The number of carbonyl (C=O) groups excluding carboxylic acids is 1. The molecule has 0 atom stereocenters. The molecule has 0 aliphatic heterocycles. The SMILES string of the molecule is CCOC(=O)c1ccc(NC(=S)NC2(c3ccncc3)CCCC2)c(C)c1. The zero-order valence-electron chi connectivity index (χ0n) is 15.7. The van der Waals surface area contributed by atoms with Gasteiger partial charge in [-0.3, -0.25) is 4.98 Å². The Morgan fingerprint density at radius 1 is 1.22 bits per heavy atom. The number of pyridine rings is 1. The monoisotopic (exact) mass is 383 g/mol. The molecule has 2 N–H and O–H groups in total. The van der Waals surface area contributed by atoms with Crippen molar-refractivity contribution in [2.24, 2.45) is 0 Å². The fourth-order valence-corrected chi connectivity index (χ4v) is 3.96. The zero-order chi connectivity index (χ0) is 19.3. The van der Waals surface area contributed by atoms with Crippen LogP contribution in [-0.4, -0.2) is 22.7 Å². The number of rotatable bonds is 5. The Labute approximate surface area is 165 Å². The van der Waals surface area contributed by atoms with Crippen LogP contribution in [0.25, 0.3) is 0 Å². The number of aryl methyl sites for hydroxylation is 1. The summed E-state index contributed by atoms with van der Waals surface area (Å²) in [5.41, 5.74) is 3.43. The number of aromatic nitrogens is 1. The molecule has 6 heteroatoms. The predicted octanol–water partition coefficient (Wildman–Crippen LogP) is 4.32. The van der Waals surface area contributed by atoms with E-state index in [0.29, 0.717) is 17.3 Å². The summed E-state index contributed by atoms with van der Waals surface area (Å²) in [4.78, 5) is 16.0. The Bertz CT molecular complexity index is 817. The Balaban J connectivity index is 1.72. The summed E-state index contributed by atoms with van der Waals surface area (Å²) in [6.07, 6.45) is 8.08. The minimum atomic E-state index is -0.310. The van der Waals surface area contributed by atoms with Crippen LogP contribution in [0.3, 0.4) is 0 Å². The van der Waals surface area contributed by atoms with Crippen LogP contribution in [0.15, 0.2) is 42.7 Å². The second kappa shape index (κ2) is 8.48. The van der Waals surface area contributed by atoms with Gasteiger partial charge in [0, 0.05) is 18.1 Å². The van der Waals surface area contributed by atoms with E-state index in [2.05, 4.69) is 27.8 Å². The molecule has 5 nitrogen and oxygen atoms in total. The minimum absolute atomic E-state index is 0.147. The quantitative estimate of drug-likeness (QED) is 0.592. The van der Waals surface area contributed by atoms with Crippen LogP contribution in [-0.2, 0) is 10.3 Å². The number of nitrogens with zero attached hydrogens (tertiary/aromatic N) is 1. The highest BCUT2D eigenvalue weighted by atomic mass is 32.1. The largest absolute Gasteiger partial charge is 0.462 e. The molecule has 0 spiro atoms. The lowest BCUT2D eigenvalue weighted by Crippen LogP contribution is -2.45. The van der Waals surface area contributed by atoms with E-state index in [0.717, 1.165) is 24.1 Å². The smallest absolute Gasteiger partial charge is 0.338 e. The average molecular weight is 384 g/mol. The Morgan fingerprint density at radius 2 is 1.93 bits per heavy atom. The molecule has 2 aromatic rings. The van der Waals surface area contributed by atoms with Crippen molar-refractivity contribution in [1.29, 1.82) is 0 Å². The molecule has 142 valence electrons. The molecule has 0 radical (unpaired) electrons. The van der Waals surface area contributed by atoms with Crippen LogP contribution >= 0.6 is 12.2 Å². The highest BCUT2D eigenvalue weighted by Crippen LogP contribution is 2.38. The standard InChI is InChI=1S/C21H25N3O2S/c1-3-26-19(25)16-6-7-18(15(2)14-16)23-20(27)24-21(10-4-5-11-21)17-8-12-22-13-9-17/h6-9,12-14H,3-5,10-11H2,1-2H3,(H2,23,24,27). The molecule has 1 fully saturated rings. The number of thiocarbonyl (C=S) groups is 1. The first kappa shape index (κ1) is 19.3. The predicted molar refractivity (Wildman–Crippen MR) is 111 cm³/mol. The van der Waals surface area contributed by atoms with E-state index in [1.165, 1.54) is 18.4 Å². The van der Waals surface area contributed by atoms with Crippen LogP contribution in [0.1, 0.15) is 54.1 Å². The van der Waals surface area contributed by atoms with Gasteiger partial charge in [0.25, 0.3) is 0 Å². The third-order valence-corrected chi connectivity index (χ3v) is 5.23. The van der Waals surface area contributed by atoms with Gasteiger partial charge < -0.3 is 15.4 Å². The second-order valence-corrected chi connectivity index (χ2v) is 7.26. The van der Waals surface area contributed by atoms with E-state index in [1.807, 2.05) is 31.5 Å². The molecule has 0 saturated heterocycles. The molecule has 1 aromatic carbocycles. The maximum Gasteiger partial charge on any atom is 0.338 e. The number of nitrogens with one attached hydrogen (secondary N) is 2. The van der Waals surface area contributed by atoms with Crippen LogP contribution in [0.4, 0.5) is 5.69 Å². The number of benzene rings is 1. The van der Waals surface area contributed by atoms with Crippen molar-refractivity contribution >= 4 is 29.0 Å². The molecule has 3 rings (SSSR count). The van der Waals surface area contributed by atoms with Gasteiger partial charge in [0.2, 0.25) is 0 Å². The summed E-state index contributed by atoms with van der Waals surface area (Å²) < 4.78 is 5.05. The molecule has 0 amide bonds. The van der Waals surface area contributed by atoms with E-state index in [4.69, 9.17) is 17.0 Å². The molecule has 1 saturated carbocycles. The molecular weight excluding hydrogens is 358 g/mol. The molecule has 27 heavy (non-hydrogen) atoms. The van der Waals surface area contributed by atoms with Crippen LogP contribution < -0.4 is 10.6 Å². The fourth-order valence-electron chi connectivity index (χ4n) is 3.65. The van der Waals surface area contributed by atoms with E-state index >= 15 is 0 Å². The van der Waals surface area contributed by atoms with Crippen LogP contribution in [0.5, 0.6) is 0 Å². The lowest BCUT2D eigenvalue weighted by atomic mass is 9.89. The van der Waals surface area contributed by atoms with E-state index < -0.39 is 0 Å². The Hall–Kier alpha value is -2.47. The summed E-state index contributed by atoms with van der Waals surface area (Å²) in [6, 6.07) is 9.55. The van der Waals surface area contributed by atoms with Crippen molar-refractivity contribution in [3.63, 3.8) is 0 Å². The highest BCUT2D eigenvalue weighted by Gasteiger charge is 2.36. The second-order valence-electron chi connectivity index (χ2n) is 6.85. The molecule has 1 aliphatic carbocycles. The topological polar surface area (TPSA) is 63.2 Å². The molecule has 1 aromatic heterocycles. The molecule has 1 aliphatic rings. The minimum Gasteiger partial charge on any atom is -0.462 e. The zero-order valence-corrected chi connectivity index (χ0v) is 16.6. The fraction of sp³-hybridized carbons (Fsp3) is 0.381. The van der Waals surface area contributed by atoms with Gasteiger partial charge in [-0.05, 0) is 80.4 Å². The highest BCUT2D eigenvalue weighted by molar-refractivity contribution is 7.80. The van der Waals surface area contributed by atoms with Gasteiger partial charge in [0.05, 0.1) is 17.7 Å². The number of anilines is 1. The Morgan fingerprint density at radius 3 is 2.56 bits per heavy atom. The van der Waals surface area contributed by atoms with Crippen molar-refractivity contribution < 1.29 is 9.53 Å². The molecular formula is C21H25N3O2S. The van der Waals surface area contributed by atoms with Crippen LogP contribution in [0.2, 0.25) is 0 Å². The average Bonchev–Trinajstić information content (AvgIpc) is 3.14. The number of carbonyl (C=O) groups is 1.